The molecule has 1 saturated carbocycles. The minimum absolute atomic E-state index is 0.0722. The van der Waals surface area contributed by atoms with Gasteiger partial charge in [-0.25, -0.2) is 0 Å². The maximum Gasteiger partial charge on any atom is 0.223 e. The smallest absolute Gasteiger partial charge is 0.223 e. The van der Waals surface area contributed by atoms with E-state index in [0.717, 1.165) is 30.9 Å². The second-order valence-corrected chi connectivity index (χ2v) is 7.15. The summed E-state index contributed by atoms with van der Waals surface area (Å²) in [6, 6.07) is 4.23. The van der Waals surface area contributed by atoms with Gasteiger partial charge < -0.3 is 20.1 Å². The molecular formula is C18H24N2O3. The molecule has 1 aromatic rings. The van der Waals surface area contributed by atoms with Gasteiger partial charge in [0.2, 0.25) is 5.91 Å². The third kappa shape index (κ3) is 1.74. The van der Waals surface area contributed by atoms with Crippen LogP contribution in [-0.4, -0.2) is 37.6 Å². The Kier molecular flexibility index (Phi) is 3.14. The van der Waals surface area contributed by atoms with Crippen molar-refractivity contribution in [3.63, 3.8) is 0 Å². The summed E-state index contributed by atoms with van der Waals surface area (Å²) in [6.45, 7) is 2.98. The molecule has 5 heteroatoms. The van der Waals surface area contributed by atoms with E-state index in [1.807, 2.05) is 0 Å². The summed E-state index contributed by atoms with van der Waals surface area (Å²) < 4.78 is 11.0. The highest BCUT2D eigenvalue weighted by Crippen LogP contribution is 2.58. The Hall–Kier alpha value is -1.75. The molecule has 1 aliphatic carbocycles. The lowest BCUT2D eigenvalue weighted by Crippen LogP contribution is -2.50. The number of nitrogens with zero attached hydrogens (tertiary/aromatic N) is 1. The average Bonchev–Trinajstić information content (AvgIpc) is 2.97. The van der Waals surface area contributed by atoms with Gasteiger partial charge in [0, 0.05) is 24.9 Å². The molecule has 2 fully saturated rings. The van der Waals surface area contributed by atoms with Crippen molar-refractivity contribution in [2.45, 2.75) is 37.8 Å². The number of hydrogen-bond acceptors (Lipinski definition) is 4. The molecule has 3 aliphatic rings. The highest BCUT2D eigenvalue weighted by molar-refractivity contribution is 5.82. The molecule has 1 spiro atoms. The average molecular weight is 316 g/mol. The summed E-state index contributed by atoms with van der Waals surface area (Å²) in [5.41, 5.74) is 8.71. The summed E-state index contributed by atoms with van der Waals surface area (Å²) in [5.74, 6) is 2.34. The van der Waals surface area contributed by atoms with Crippen LogP contribution >= 0.6 is 0 Å². The Morgan fingerprint density at radius 2 is 1.96 bits per heavy atom. The van der Waals surface area contributed by atoms with Gasteiger partial charge in [-0.2, -0.15) is 0 Å². The number of methoxy groups -OCH3 is 2. The van der Waals surface area contributed by atoms with E-state index in [2.05, 4.69) is 24.0 Å². The van der Waals surface area contributed by atoms with E-state index >= 15 is 0 Å². The lowest BCUT2D eigenvalue weighted by Gasteiger charge is -2.44. The predicted molar refractivity (Wildman–Crippen MR) is 86.5 cm³/mol. The van der Waals surface area contributed by atoms with Crippen LogP contribution in [0.2, 0.25) is 0 Å². The molecule has 1 amide bonds. The Labute approximate surface area is 136 Å². The first kappa shape index (κ1) is 14.8. The van der Waals surface area contributed by atoms with Gasteiger partial charge in [-0.3, -0.25) is 4.79 Å². The Bertz CT molecular complexity index is 674. The van der Waals surface area contributed by atoms with Gasteiger partial charge in [-0.15, -0.1) is 0 Å². The molecule has 23 heavy (non-hydrogen) atoms. The first-order chi connectivity index (χ1) is 11.0. The fourth-order valence-electron chi connectivity index (χ4n) is 5.17. The molecule has 1 aromatic carbocycles. The zero-order valence-corrected chi connectivity index (χ0v) is 14.0. The number of hydrogen-bond donors (Lipinski definition) is 1. The maximum absolute atomic E-state index is 12.6. The minimum Gasteiger partial charge on any atom is -0.493 e. The van der Waals surface area contributed by atoms with Crippen molar-refractivity contribution in [3.05, 3.63) is 23.3 Å². The van der Waals surface area contributed by atoms with Crippen LogP contribution in [0.3, 0.4) is 0 Å². The second-order valence-electron chi connectivity index (χ2n) is 7.15. The van der Waals surface area contributed by atoms with Crippen LogP contribution in [0.15, 0.2) is 12.1 Å². The lowest BCUT2D eigenvalue weighted by atomic mass is 9.75. The summed E-state index contributed by atoms with van der Waals surface area (Å²) in [6.07, 6.45) is 2.37. The van der Waals surface area contributed by atoms with Crippen molar-refractivity contribution in [1.82, 2.24) is 4.90 Å². The molecule has 0 aromatic heterocycles. The zero-order valence-electron chi connectivity index (χ0n) is 14.0. The van der Waals surface area contributed by atoms with Gasteiger partial charge in [-0.05, 0) is 42.0 Å². The van der Waals surface area contributed by atoms with Crippen molar-refractivity contribution in [2.75, 3.05) is 20.8 Å². The monoisotopic (exact) mass is 316 g/mol. The van der Waals surface area contributed by atoms with Crippen molar-refractivity contribution in [3.8, 4) is 11.5 Å². The van der Waals surface area contributed by atoms with Gasteiger partial charge in [0.05, 0.1) is 19.8 Å². The SMILES string of the molecule is COc1cc2c(cc1OC)[C@@]13C[C@H](C)[C@@H](N)[C@@H]1CC(=O)N3CC2. The van der Waals surface area contributed by atoms with E-state index in [4.69, 9.17) is 15.2 Å². The van der Waals surface area contributed by atoms with Gasteiger partial charge >= 0.3 is 0 Å². The highest BCUT2D eigenvalue weighted by atomic mass is 16.5. The predicted octanol–water partition coefficient (Wildman–Crippen LogP) is 1.67. The molecule has 2 N–H and O–H groups in total. The fraction of sp³-hybridized carbons (Fsp3) is 0.611. The van der Waals surface area contributed by atoms with E-state index in [1.54, 1.807) is 14.2 Å². The number of ether oxygens (including phenoxy) is 2. The van der Waals surface area contributed by atoms with Gasteiger partial charge in [-0.1, -0.05) is 6.92 Å². The summed E-state index contributed by atoms with van der Waals surface area (Å²) in [5, 5.41) is 0. The number of fused-ring (bicyclic) bond motifs is 1. The van der Waals surface area contributed by atoms with Crippen LogP contribution in [0, 0.1) is 11.8 Å². The topological polar surface area (TPSA) is 64.8 Å². The fourth-order valence-corrected chi connectivity index (χ4v) is 5.17. The molecule has 0 bridgehead atoms. The van der Waals surface area contributed by atoms with Crippen molar-refractivity contribution >= 4 is 5.91 Å². The van der Waals surface area contributed by atoms with Crippen LogP contribution in [0.4, 0.5) is 0 Å². The van der Waals surface area contributed by atoms with Crippen LogP contribution in [0.25, 0.3) is 0 Å². The molecule has 5 nitrogen and oxygen atoms in total. The Balaban J connectivity index is 1.93. The molecule has 2 heterocycles. The lowest BCUT2D eigenvalue weighted by molar-refractivity contribution is -0.132. The van der Waals surface area contributed by atoms with E-state index in [9.17, 15) is 4.79 Å². The van der Waals surface area contributed by atoms with Gasteiger partial charge in [0.1, 0.15) is 0 Å². The zero-order chi connectivity index (χ0) is 16.4. The number of nitrogens with two attached hydrogens (primary N) is 1. The number of rotatable bonds is 2. The maximum atomic E-state index is 12.6. The normalized spacial score (nSPS) is 34.9. The van der Waals surface area contributed by atoms with E-state index in [1.165, 1.54) is 11.1 Å². The van der Waals surface area contributed by atoms with Crippen molar-refractivity contribution in [2.24, 2.45) is 17.6 Å². The molecule has 4 rings (SSSR count). The molecule has 4 atom stereocenters. The molecule has 2 aliphatic heterocycles. The Morgan fingerprint density at radius 3 is 2.65 bits per heavy atom. The summed E-state index contributed by atoms with van der Waals surface area (Å²) in [4.78, 5) is 14.7. The third-order valence-electron chi connectivity index (χ3n) is 6.23. The van der Waals surface area contributed by atoms with E-state index in [0.29, 0.717) is 12.3 Å². The minimum atomic E-state index is -0.247. The summed E-state index contributed by atoms with van der Waals surface area (Å²) in [7, 11) is 3.32. The first-order valence-corrected chi connectivity index (χ1v) is 8.34. The van der Waals surface area contributed by atoms with Crippen molar-refractivity contribution < 1.29 is 14.3 Å². The van der Waals surface area contributed by atoms with E-state index in [-0.39, 0.29) is 23.4 Å². The standard InChI is InChI=1S/C18H24N2O3/c1-10-9-18-12-7-15(23-3)14(22-2)6-11(12)4-5-20(18)16(21)8-13(18)17(10)19/h6-7,10,13,17H,4-5,8-9,19H2,1-3H3/t10-,13-,17+,18-/m0/s1. The number of amides is 1. The van der Waals surface area contributed by atoms with Crippen LogP contribution in [0.5, 0.6) is 11.5 Å². The van der Waals surface area contributed by atoms with Crippen LogP contribution in [0.1, 0.15) is 30.9 Å². The molecule has 1 saturated heterocycles. The summed E-state index contributed by atoms with van der Waals surface area (Å²) >= 11 is 0. The largest absolute Gasteiger partial charge is 0.493 e. The quantitative estimate of drug-likeness (QED) is 0.901. The molecule has 124 valence electrons. The van der Waals surface area contributed by atoms with Gasteiger partial charge in [0.25, 0.3) is 0 Å². The van der Waals surface area contributed by atoms with Crippen LogP contribution < -0.4 is 15.2 Å². The molecule has 0 unspecified atom stereocenters. The second kappa shape index (κ2) is 4.87. The third-order valence-corrected chi connectivity index (χ3v) is 6.23. The van der Waals surface area contributed by atoms with Crippen LogP contribution in [-0.2, 0) is 16.8 Å². The van der Waals surface area contributed by atoms with Gasteiger partial charge in [0.15, 0.2) is 11.5 Å². The van der Waals surface area contributed by atoms with E-state index < -0.39 is 0 Å². The number of carbonyl (C=O) groups excluding carboxylic acids is 1. The first-order valence-electron chi connectivity index (χ1n) is 8.34. The molecular weight excluding hydrogens is 292 g/mol. The highest BCUT2D eigenvalue weighted by Gasteiger charge is 2.62. The molecule has 0 radical (unpaired) electrons. The van der Waals surface area contributed by atoms with Crippen molar-refractivity contribution in [1.29, 1.82) is 0 Å². The Morgan fingerprint density at radius 1 is 1.26 bits per heavy atom. The number of benzene rings is 1. The number of carbonyl (C=O) groups is 1.